The second-order valence-corrected chi connectivity index (χ2v) is 8.23. The van der Waals surface area contributed by atoms with Crippen LogP contribution in [0.2, 0.25) is 5.02 Å². The lowest BCUT2D eigenvalue weighted by molar-refractivity contribution is 0.0916. The highest BCUT2D eigenvalue weighted by Gasteiger charge is 2.26. The van der Waals surface area contributed by atoms with Crippen molar-refractivity contribution < 1.29 is 4.79 Å². The molecule has 0 unspecified atom stereocenters. The van der Waals surface area contributed by atoms with E-state index < -0.39 is 0 Å². The molecule has 1 fully saturated rings. The minimum Gasteiger partial charge on any atom is -0.371 e. The molecule has 2 aliphatic carbocycles. The van der Waals surface area contributed by atoms with Crippen LogP contribution in [0.25, 0.3) is 0 Å². The summed E-state index contributed by atoms with van der Waals surface area (Å²) in [6.07, 6.45) is 20.1. The maximum atomic E-state index is 12.4. The molecule has 1 heterocycles. The molecule has 1 saturated carbocycles. The maximum Gasteiger partial charge on any atom is 0.251 e. The summed E-state index contributed by atoms with van der Waals surface area (Å²) < 4.78 is 0. The van der Waals surface area contributed by atoms with E-state index in [0.29, 0.717) is 16.6 Å². The molecule has 0 atom stereocenters. The number of hydrogen-bond donors (Lipinski definition) is 1. The number of halogens is 1. The summed E-state index contributed by atoms with van der Waals surface area (Å²) in [7, 11) is 0. The molecule has 3 aliphatic rings. The van der Waals surface area contributed by atoms with Crippen molar-refractivity contribution in [3.05, 3.63) is 82.6 Å². The monoisotopic (exact) mass is 394 g/mol. The number of hydrogen-bond acceptors (Lipinski definition) is 2. The summed E-state index contributed by atoms with van der Waals surface area (Å²) in [5, 5.41) is 3.84. The summed E-state index contributed by atoms with van der Waals surface area (Å²) in [5.41, 5.74) is 3.51. The lowest BCUT2D eigenvalue weighted by Gasteiger charge is -2.37. The molecule has 28 heavy (non-hydrogen) atoms. The number of rotatable bonds is 4. The Morgan fingerprint density at radius 3 is 2.46 bits per heavy atom. The molecule has 4 heteroatoms. The molecule has 1 aliphatic heterocycles. The van der Waals surface area contributed by atoms with E-state index in [1.807, 2.05) is 0 Å². The lowest BCUT2D eigenvalue weighted by atomic mass is 9.89. The summed E-state index contributed by atoms with van der Waals surface area (Å²) in [5.74, 6) is 0.000339. The van der Waals surface area contributed by atoms with Gasteiger partial charge in [-0.3, -0.25) is 4.79 Å². The first-order valence-corrected chi connectivity index (χ1v) is 10.6. The normalized spacial score (nSPS) is 24.5. The third-order valence-electron chi connectivity index (χ3n) is 5.95. The third-order valence-corrected chi connectivity index (χ3v) is 6.20. The van der Waals surface area contributed by atoms with Crippen LogP contribution in [0.3, 0.4) is 0 Å². The van der Waals surface area contributed by atoms with Gasteiger partial charge in [0.15, 0.2) is 0 Å². The van der Waals surface area contributed by atoms with Crippen molar-refractivity contribution in [3.8, 4) is 0 Å². The van der Waals surface area contributed by atoms with E-state index in [0.717, 1.165) is 45.1 Å². The minimum absolute atomic E-state index is 0.000339. The molecule has 146 valence electrons. The molecular formula is C24H27ClN2O. The van der Waals surface area contributed by atoms with Crippen LogP contribution in [-0.2, 0) is 0 Å². The molecule has 0 saturated heterocycles. The van der Waals surface area contributed by atoms with Crippen molar-refractivity contribution >= 4 is 17.5 Å². The van der Waals surface area contributed by atoms with Gasteiger partial charge in [0.2, 0.25) is 0 Å². The highest BCUT2D eigenvalue weighted by Crippen LogP contribution is 2.28. The zero-order valence-corrected chi connectivity index (χ0v) is 16.9. The first-order chi connectivity index (χ1) is 13.7. The van der Waals surface area contributed by atoms with Crippen LogP contribution in [0.1, 0.15) is 48.9 Å². The van der Waals surface area contributed by atoms with Crippen LogP contribution < -0.4 is 5.32 Å². The molecule has 0 radical (unpaired) electrons. The number of benzene rings is 1. The SMILES string of the molecule is O=C(NC1CCC(N2C=CC(C3=CCC=CC3)=CC2)CC1)c1ccc(Cl)cc1. The quantitative estimate of drug-likeness (QED) is 0.692. The van der Waals surface area contributed by atoms with E-state index in [1.165, 1.54) is 11.1 Å². The Hall–Kier alpha value is -2.26. The van der Waals surface area contributed by atoms with Crippen LogP contribution in [0.5, 0.6) is 0 Å². The van der Waals surface area contributed by atoms with Crippen molar-refractivity contribution in [2.24, 2.45) is 0 Å². The molecule has 3 nitrogen and oxygen atoms in total. The van der Waals surface area contributed by atoms with Crippen molar-refractivity contribution in [2.75, 3.05) is 6.54 Å². The van der Waals surface area contributed by atoms with Gasteiger partial charge >= 0.3 is 0 Å². The molecule has 1 aromatic rings. The van der Waals surface area contributed by atoms with Gasteiger partial charge in [0.25, 0.3) is 5.91 Å². The van der Waals surface area contributed by atoms with Crippen LogP contribution in [0, 0.1) is 0 Å². The first-order valence-electron chi connectivity index (χ1n) is 10.2. The third kappa shape index (κ3) is 4.59. The van der Waals surface area contributed by atoms with Crippen LogP contribution in [-0.4, -0.2) is 29.4 Å². The Morgan fingerprint density at radius 1 is 1.04 bits per heavy atom. The van der Waals surface area contributed by atoms with Gasteiger partial charge in [-0.1, -0.05) is 35.9 Å². The van der Waals surface area contributed by atoms with Crippen LogP contribution >= 0.6 is 11.6 Å². The van der Waals surface area contributed by atoms with E-state index in [9.17, 15) is 4.79 Å². The van der Waals surface area contributed by atoms with Crippen LogP contribution in [0.15, 0.2) is 72.0 Å². The van der Waals surface area contributed by atoms with Crippen LogP contribution in [0.4, 0.5) is 0 Å². The van der Waals surface area contributed by atoms with Gasteiger partial charge in [-0.05, 0) is 80.0 Å². The predicted octanol–water partition coefficient (Wildman–Crippen LogP) is 5.41. The maximum absolute atomic E-state index is 12.4. The van der Waals surface area contributed by atoms with E-state index in [2.05, 4.69) is 46.8 Å². The number of carbonyl (C=O) groups excluding carboxylic acids is 1. The second kappa shape index (κ2) is 8.83. The Bertz CT molecular complexity index is 827. The highest BCUT2D eigenvalue weighted by molar-refractivity contribution is 6.30. The predicted molar refractivity (Wildman–Crippen MR) is 115 cm³/mol. The number of carbonyl (C=O) groups is 1. The van der Waals surface area contributed by atoms with Gasteiger partial charge in [0, 0.05) is 35.4 Å². The Labute approximate surface area is 172 Å². The first kappa shape index (κ1) is 19.1. The zero-order valence-electron chi connectivity index (χ0n) is 16.1. The average molecular weight is 395 g/mol. The zero-order chi connectivity index (χ0) is 19.3. The molecule has 0 bridgehead atoms. The van der Waals surface area contributed by atoms with E-state index in [4.69, 9.17) is 11.6 Å². The number of amides is 1. The molecular weight excluding hydrogens is 368 g/mol. The highest BCUT2D eigenvalue weighted by atomic mass is 35.5. The lowest BCUT2D eigenvalue weighted by Crippen LogP contribution is -2.42. The fraction of sp³-hybridized carbons (Fsp3) is 0.375. The number of allylic oxidation sites excluding steroid dienone is 6. The topological polar surface area (TPSA) is 32.3 Å². The molecule has 1 aromatic carbocycles. The van der Waals surface area contributed by atoms with E-state index in [-0.39, 0.29) is 11.9 Å². The number of nitrogens with one attached hydrogen (secondary N) is 1. The standard InChI is InChI=1S/C24H27ClN2O/c25-21-8-6-20(7-9-21)24(28)26-22-10-12-23(13-11-22)27-16-14-19(15-17-27)18-4-2-1-3-5-18/h1-2,5-9,14-16,22-23H,3-4,10-13,17H2,(H,26,28). The van der Waals surface area contributed by atoms with Crippen molar-refractivity contribution in [2.45, 2.75) is 50.6 Å². The van der Waals surface area contributed by atoms with Gasteiger partial charge in [0.05, 0.1) is 0 Å². The van der Waals surface area contributed by atoms with Gasteiger partial charge < -0.3 is 10.2 Å². The van der Waals surface area contributed by atoms with E-state index in [1.54, 1.807) is 24.3 Å². The van der Waals surface area contributed by atoms with Gasteiger partial charge in [-0.15, -0.1) is 0 Å². The minimum atomic E-state index is 0.000339. The Morgan fingerprint density at radius 2 is 1.82 bits per heavy atom. The fourth-order valence-electron chi connectivity index (χ4n) is 4.28. The van der Waals surface area contributed by atoms with Crippen molar-refractivity contribution in [3.63, 3.8) is 0 Å². The van der Waals surface area contributed by atoms with Crippen molar-refractivity contribution in [1.82, 2.24) is 10.2 Å². The van der Waals surface area contributed by atoms with Gasteiger partial charge in [-0.25, -0.2) is 0 Å². The fourth-order valence-corrected chi connectivity index (χ4v) is 4.40. The Kier molecular flexibility index (Phi) is 6.01. The summed E-state index contributed by atoms with van der Waals surface area (Å²) in [6, 6.07) is 7.91. The van der Waals surface area contributed by atoms with Crippen molar-refractivity contribution in [1.29, 1.82) is 0 Å². The summed E-state index contributed by atoms with van der Waals surface area (Å²) in [6.45, 7) is 0.985. The molecule has 0 aromatic heterocycles. The second-order valence-electron chi connectivity index (χ2n) is 7.80. The smallest absolute Gasteiger partial charge is 0.251 e. The van der Waals surface area contributed by atoms with Gasteiger partial charge in [0.1, 0.15) is 0 Å². The van der Waals surface area contributed by atoms with E-state index >= 15 is 0 Å². The summed E-state index contributed by atoms with van der Waals surface area (Å²) in [4.78, 5) is 14.9. The summed E-state index contributed by atoms with van der Waals surface area (Å²) >= 11 is 5.90. The molecule has 0 spiro atoms. The van der Waals surface area contributed by atoms with Gasteiger partial charge in [-0.2, -0.15) is 0 Å². The molecule has 1 N–H and O–H groups in total. The largest absolute Gasteiger partial charge is 0.371 e. The Balaban J connectivity index is 1.25. The molecule has 4 rings (SSSR count). The number of nitrogens with zero attached hydrogens (tertiary/aromatic N) is 1. The average Bonchev–Trinajstić information content (AvgIpc) is 2.75. The molecule has 1 amide bonds.